The minimum absolute atomic E-state index is 0. The van der Waals surface area contributed by atoms with Crippen molar-refractivity contribution in [3.8, 4) is 0 Å². The maximum atomic E-state index is 11.2. The van der Waals surface area contributed by atoms with Crippen LogP contribution in [0.1, 0.15) is 59.3 Å². The predicted octanol–water partition coefficient (Wildman–Crippen LogP) is 2.20. The Morgan fingerprint density at radius 2 is 1.71 bits per heavy atom. The summed E-state index contributed by atoms with van der Waals surface area (Å²) in [5, 5.41) is 0. The van der Waals surface area contributed by atoms with Crippen molar-refractivity contribution in [1.82, 2.24) is 0 Å². The molecule has 0 heterocycles. The van der Waals surface area contributed by atoms with Crippen LogP contribution < -0.4 is 0 Å². The lowest BCUT2D eigenvalue weighted by atomic mass is 10.1. The Balaban J connectivity index is 0. The van der Waals surface area contributed by atoms with Gasteiger partial charge >= 0.3 is 11.9 Å². The van der Waals surface area contributed by atoms with Gasteiger partial charge in [-0.25, -0.2) is 4.79 Å². The Hall–Kier alpha value is -0.588. The molecule has 17 heavy (non-hydrogen) atoms. The van der Waals surface area contributed by atoms with Crippen molar-refractivity contribution in [1.29, 1.82) is 0 Å². The molecule has 0 aliphatic heterocycles. The third-order valence-electron chi connectivity index (χ3n) is 2.45. The highest BCUT2D eigenvalue weighted by molar-refractivity contribution is 5.95. The lowest BCUT2D eigenvalue weighted by molar-refractivity contribution is -0.156. The molecule has 0 N–H and O–H groups in total. The first-order chi connectivity index (χ1) is 7.61. The van der Waals surface area contributed by atoms with Gasteiger partial charge in [0, 0.05) is 12.0 Å². The number of carbonyl (C=O) groups excluding carboxylic acids is 2. The maximum absolute atomic E-state index is 11.2. The quantitative estimate of drug-likeness (QED) is 0.230. The smallest absolute Gasteiger partial charge is 0.341 e. The maximum Gasteiger partial charge on any atom is 0.341 e. The van der Waals surface area contributed by atoms with Gasteiger partial charge < -0.3 is 4.74 Å². The van der Waals surface area contributed by atoms with E-state index in [1.807, 2.05) is 0 Å². The zero-order valence-corrected chi connectivity index (χ0v) is 10.5. The SMILES string of the molecule is CC=C(C)C(=O)OC(=O)CCCCCCC.[AlH3]. The van der Waals surface area contributed by atoms with Crippen molar-refractivity contribution in [2.45, 2.75) is 59.3 Å². The van der Waals surface area contributed by atoms with Crippen molar-refractivity contribution in [3.63, 3.8) is 0 Å². The van der Waals surface area contributed by atoms with Crippen LogP contribution in [-0.4, -0.2) is 29.3 Å². The number of esters is 2. The van der Waals surface area contributed by atoms with E-state index in [1.165, 1.54) is 12.8 Å². The summed E-state index contributed by atoms with van der Waals surface area (Å²) in [5.74, 6) is -0.941. The van der Waals surface area contributed by atoms with Crippen LogP contribution >= 0.6 is 0 Å². The van der Waals surface area contributed by atoms with Crippen LogP contribution in [0.5, 0.6) is 0 Å². The molecule has 3 nitrogen and oxygen atoms in total. The molecule has 0 saturated carbocycles. The second-order valence-electron chi connectivity index (χ2n) is 3.90. The van der Waals surface area contributed by atoms with E-state index < -0.39 is 11.9 Å². The summed E-state index contributed by atoms with van der Waals surface area (Å²) in [6.07, 6.45) is 7.34. The number of hydrogen-bond donors (Lipinski definition) is 0. The molecule has 0 aliphatic carbocycles. The first-order valence-corrected chi connectivity index (χ1v) is 5.99. The first kappa shape index (κ1) is 18.8. The molecule has 0 unspecified atom stereocenters. The summed E-state index contributed by atoms with van der Waals surface area (Å²) in [4.78, 5) is 22.4. The van der Waals surface area contributed by atoms with Gasteiger partial charge in [-0.3, -0.25) is 4.79 Å². The molecule has 0 aromatic heterocycles. The highest BCUT2D eigenvalue weighted by Crippen LogP contribution is 2.06. The fourth-order valence-electron chi connectivity index (χ4n) is 1.23. The minimum Gasteiger partial charge on any atom is -0.390 e. The third kappa shape index (κ3) is 10.3. The Morgan fingerprint density at radius 3 is 2.24 bits per heavy atom. The van der Waals surface area contributed by atoms with E-state index in [2.05, 4.69) is 11.7 Å². The van der Waals surface area contributed by atoms with Gasteiger partial charge in [-0.1, -0.05) is 38.7 Å². The fraction of sp³-hybridized carbons (Fsp3) is 0.692. The zero-order chi connectivity index (χ0) is 12.4. The summed E-state index contributed by atoms with van der Waals surface area (Å²) in [6, 6.07) is 0. The minimum atomic E-state index is -0.527. The van der Waals surface area contributed by atoms with Crippen molar-refractivity contribution in [2.75, 3.05) is 0 Å². The van der Waals surface area contributed by atoms with Gasteiger partial charge in [0.05, 0.1) is 0 Å². The number of rotatable bonds is 7. The number of carbonyl (C=O) groups is 2. The van der Waals surface area contributed by atoms with Gasteiger partial charge in [0.25, 0.3) is 0 Å². The molecule has 0 rings (SSSR count). The van der Waals surface area contributed by atoms with E-state index >= 15 is 0 Å². The highest BCUT2D eigenvalue weighted by atomic mass is 27.0. The fourth-order valence-corrected chi connectivity index (χ4v) is 1.23. The molecule has 98 valence electrons. The third-order valence-corrected chi connectivity index (χ3v) is 2.45. The van der Waals surface area contributed by atoms with E-state index in [0.29, 0.717) is 12.0 Å². The van der Waals surface area contributed by atoms with Crippen LogP contribution in [0, 0.1) is 0 Å². The van der Waals surface area contributed by atoms with Crippen molar-refractivity contribution >= 4 is 29.3 Å². The zero-order valence-electron chi connectivity index (χ0n) is 10.5. The molecule has 0 spiro atoms. The number of ether oxygens (including phenoxy) is 1. The molecule has 0 amide bonds. The van der Waals surface area contributed by atoms with E-state index in [0.717, 1.165) is 19.3 Å². The van der Waals surface area contributed by atoms with E-state index in [-0.39, 0.29) is 17.4 Å². The van der Waals surface area contributed by atoms with Gasteiger partial charge in [-0.2, -0.15) is 0 Å². The van der Waals surface area contributed by atoms with Crippen LogP contribution in [0.25, 0.3) is 0 Å². The summed E-state index contributed by atoms with van der Waals surface area (Å²) in [7, 11) is 0. The van der Waals surface area contributed by atoms with E-state index in [1.54, 1.807) is 19.9 Å². The second-order valence-corrected chi connectivity index (χ2v) is 3.90. The van der Waals surface area contributed by atoms with Crippen molar-refractivity contribution < 1.29 is 14.3 Å². The number of unbranched alkanes of at least 4 members (excludes halogenated alkanes) is 4. The Labute approximate surface area is 115 Å². The predicted molar refractivity (Wildman–Crippen MR) is 73.8 cm³/mol. The molecule has 0 saturated heterocycles. The molecular weight excluding hydrogens is 231 g/mol. The van der Waals surface area contributed by atoms with Crippen molar-refractivity contribution in [3.05, 3.63) is 11.6 Å². The van der Waals surface area contributed by atoms with Crippen molar-refractivity contribution in [2.24, 2.45) is 0 Å². The van der Waals surface area contributed by atoms with Gasteiger partial charge in [0.2, 0.25) is 0 Å². The largest absolute Gasteiger partial charge is 0.390 e. The molecule has 0 aromatic rings. The molecular formula is C13H25AlO3. The van der Waals surface area contributed by atoms with Crippen LogP contribution in [0.2, 0.25) is 0 Å². The van der Waals surface area contributed by atoms with Gasteiger partial charge in [-0.05, 0) is 20.3 Å². The van der Waals surface area contributed by atoms with Gasteiger partial charge in [0.15, 0.2) is 17.4 Å². The van der Waals surface area contributed by atoms with Gasteiger partial charge in [-0.15, -0.1) is 0 Å². The normalized spacial score (nSPS) is 10.6. The highest BCUT2D eigenvalue weighted by Gasteiger charge is 2.10. The summed E-state index contributed by atoms with van der Waals surface area (Å²) in [5.41, 5.74) is 0.472. The molecule has 0 bridgehead atoms. The van der Waals surface area contributed by atoms with E-state index in [9.17, 15) is 9.59 Å². The van der Waals surface area contributed by atoms with Crippen LogP contribution in [-0.2, 0) is 14.3 Å². The lowest BCUT2D eigenvalue weighted by Gasteiger charge is -2.02. The summed E-state index contributed by atoms with van der Waals surface area (Å²) >= 11 is 0. The molecule has 0 radical (unpaired) electrons. The molecule has 0 aromatic carbocycles. The average molecular weight is 256 g/mol. The molecule has 0 fully saturated rings. The Bertz CT molecular complexity index is 259. The second kappa shape index (κ2) is 11.9. The Morgan fingerprint density at radius 1 is 1.12 bits per heavy atom. The van der Waals surface area contributed by atoms with Crippen LogP contribution in [0.3, 0.4) is 0 Å². The first-order valence-electron chi connectivity index (χ1n) is 5.99. The molecule has 0 atom stereocenters. The number of hydrogen-bond acceptors (Lipinski definition) is 3. The molecule has 4 heteroatoms. The van der Waals surface area contributed by atoms with Gasteiger partial charge in [0.1, 0.15) is 0 Å². The van der Waals surface area contributed by atoms with Crippen LogP contribution in [0.15, 0.2) is 11.6 Å². The van der Waals surface area contributed by atoms with E-state index in [4.69, 9.17) is 0 Å². The lowest BCUT2D eigenvalue weighted by Crippen LogP contribution is -2.12. The summed E-state index contributed by atoms with van der Waals surface area (Å²) in [6.45, 7) is 5.52. The number of allylic oxidation sites excluding steroid dienone is 1. The Kier molecular flexibility index (Phi) is 13.1. The standard InChI is InChI=1S/C13H22O3.Al.3H/c1-4-6-7-8-9-10-12(14)16-13(15)11(3)5-2;;;;/h5H,4,6-10H2,1-3H3;;;;. The van der Waals surface area contributed by atoms with Crippen LogP contribution in [0.4, 0.5) is 0 Å². The average Bonchev–Trinajstić information content (AvgIpc) is 2.27. The topological polar surface area (TPSA) is 43.4 Å². The monoisotopic (exact) mass is 256 g/mol. The molecule has 0 aliphatic rings. The summed E-state index contributed by atoms with van der Waals surface area (Å²) < 4.78 is 4.66.